The largest absolute Gasteiger partial charge is 0.493 e. The number of halogens is 1. The molecular formula is C25H30ClN3O4. The Morgan fingerprint density at radius 3 is 2.39 bits per heavy atom. The summed E-state index contributed by atoms with van der Waals surface area (Å²) >= 11 is 6.21. The molecule has 1 aromatic heterocycles. The van der Waals surface area contributed by atoms with Gasteiger partial charge < -0.3 is 19.9 Å². The van der Waals surface area contributed by atoms with Crippen molar-refractivity contribution in [2.45, 2.75) is 32.2 Å². The molecule has 33 heavy (non-hydrogen) atoms. The first-order chi connectivity index (χ1) is 16.0. The number of rotatable bonds is 7. The van der Waals surface area contributed by atoms with Gasteiger partial charge in [-0.1, -0.05) is 18.0 Å². The van der Waals surface area contributed by atoms with Crippen LogP contribution >= 0.6 is 11.6 Å². The van der Waals surface area contributed by atoms with E-state index >= 15 is 0 Å². The lowest BCUT2D eigenvalue weighted by Gasteiger charge is -2.29. The Morgan fingerprint density at radius 1 is 1.06 bits per heavy atom. The lowest BCUT2D eigenvalue weighted by Crippen LogP contribution is -2.30. The molecular weight excluding hydrogens is 442 g/mol. The number of methoxy groups -OCH3 is 3. The van der Waals surface area contributed by atoms with E-state index in [9.17, 15) is 4.79 Å². The van der Waals surface area contributed by atoms with Gasteiger partial charge in [0.1, 0.15) is 5.82 Å². The highest BCUT2D eigenvalue weighted by atomic mass is 35.5. The summed E-state index contributed by atoms with van der Waals surface area (Å²) in [5, 5.41) is 1.07. The fraction of sp³-hybridized carbons (Fsp3) is 0.440. The van der Waals surface area contributed by atoms with Gasteiger partial charge in [-0.05, 0) is 68.0 Å². The summed E-state index contributed by atoms with van der Waals surface area (Å²) in [7, 11) is 4.69. The standard InChI is InChI=1S/C25H30ClN3O4/c1-31-21-10-17(11-22(32-2)23(21)33-3)24-28-20-12-18(26)7-8-19(20)25(30)29(24)14-16-6-4-5-15(9-16)13-27/h7-8,10-12,15-16H,4-6,9,13-14,27H2,1-3H3. The van der Waals surface area contributed by atoms with E-state index in [1.165, 1.54) is 0 Å². The molecule has 1 aliphatic carbocycles. The predicted octanol–water partition coefficient (Wildman–Crippen LogP) is 4.51. The van der Waals surface area contributed by atoms with Crippen molar-refractivity contribution in [2.75, 3.05) is 27.9 Å². The van der Waals surface area contributed by atoms with Crippen LogP contribution in [0, 0.1) is 11.8 Å². The van der Waals surface area contributed by atoms with Crippen molar-refractivity contribution < 1.29 is 14.2 Å². The third kappa shape index (κ3) is 4.66. The van der Waals surface area contributed by atoms with E-state index in [2.05, 4.69) is 0 Å². The zero-order chi connectivity index (χ0) is 23.5. The van der Waals surface area contributed by atoms with Gasteiger partial charge in [-0.25, -0.2) is 4.98 Å². The Balaban J connectivity index is 1.91. The van der Waals surface area contributed by atoms with Crippen molar-refractivity contribution in [1.82, 2.24) is 9.55 Å². The molecule has 0 radical (unpaired) electrons. The Kier molecular flexibility index (Phi) is 7.10. The smallest absolute Gasteiger partial charge is 0.261 e. The molecule has 2 aromatic carbocycles. The highest BCUT2D eigenvalue weighted by Crippen LogP contribution is 2.41. The Hall–Kier alpha value is -2.77. The molecule has 3 aromatic rings. The Labute approximate surface area is 198 Å². The molecule has 4 rings (SSSR count). The molecule has 2 atom stereocenters. The minimum atomic E-state index is -0.0877. The predicted molar refractivity (Wildman–Crippen MR) is 131 cm³/mol. The monoisotopic (exact) mass is 471 g/mol. The number of benzene rings is 2. The van der Waals surface area contributed by atoms with Crippen molar-refractivity contribution >= 4 is 22.5 Å². The number of ether oxygens (including phenoxy) is 3. The summed E-state index contributed by atoms with van der Waals surface area (Å²) in [4.78, 5) is 18.5. The van der Waals surface area contributed by atoms with E-state index in [0.717, 1.165) is 25.7 Å². The molecule has 1 fully saturated rings. The van der Waals surface area contributed by atoms with E-state index in [1.54, 1.807) is 44.1 Å². The Bertz CT molecular complexity index is 1190. The summed E-state index contributed by atoms with van der Waals surface area (Å²) < 4.78 is 18.3. The molecule has 0 spiro atoms. The van der Waals surface area contributed by atoms with Gasteiger partial charge in [0.2, 0.25) is 5.75 Å². The zero-order valence-corrected chi connectivity index (χ0v) is 20.0. The second-order valence-corrected chi connectivity index (χ2v) is 9.00. The summed E-state index contributed by atoms with van der Waals surface area (Å²) in [6.45, 7) is 1.26. The summed E-state index contributed by atoms with van der Waals surface area (Å²) in [5.41, 5.74) is 7.12. The molecule has 1 saturated carbocycles. The average molecular weight is 472 g/mol. The first kappa shape index (κ1) is 23.4. The second kappa shape index (κ2) is 10.0. The first-order valence-corrected chi connectivity index (χ1v) is 11.6. The molecule has 0 bridgehead atoms. The van der Waals surface area contributed by atoms with Gasteiger partial charge in [0.25, 0.3) is 5.56 Å². The lowest BCUT2D eigenvalue weighted by atomic mass is 9.81. The minimum absolute atomic E-state index is 0.0877. The fourth-order valence-corrected chi connectivity index (χ4v) is 5.00. The molecule has 2 unspecified atom stereocenters. The van der Waals surface area contributed by atoms with Gasteiger partial charge >= 0.3 is 0 Å². The van der Waals surface area contributed by atoms with Crippen molar-refractivity contribution in [3.05, 3.63) is 45.7 Å². The topological polar surface area (TPSA) is 88.6 Å². The highest BCUT2D eigenvalue weighted by molar-refractivity contribution is 6.31. The van der Waals surface area contributed by atoms with Crippen LogP contribution in [-0.4, -0.2) is 37.4 Å². The van der Waals surface area contributed by atoms with Gasteiger partial charge in [-0.3, -0.25) is 9.36 Å². The van der Waals surface area contributed by atoms with Crippen LogP contribution in [0.1, 0.15) is 25.7 Å². The fourth-order valence-electron chi connectivity index (χ4n) is 4.83. The molecule has 0 aliphatic heterocycles. The van der Waals surface area contributed by atoms with Crippen molar-refractivity contribution in [3.63, 3.8) is 0 Å². The van der Waals surface area contributed by atoms with Crippen LogP contribution in [0.4, 0.5) is 0 Å². The van der Waals surface area contributed by atoms with Crippen LogP contribution in [0.2, 0.25) is 5.02 Å². The number of aromatic nitrogens is 2. The van der Waals surface area contributed by atoms with E-state index < -0.39 is 0 Å². The Morgan fingerprint density at radius 2 is 1.76 bits per heavy atom. The van der Waals surface area contributed by atoms with Crippen LogP contribution in [0.3, 0.4) is 0 Å². The molecule has 1 aliphatic rings. The molecule has 0 saturated heterocycles. The van der Waals surface area contributed by atoms with E-state index in [1.807, 2.05) is 12.1 Å². The van der Waals surface area contributed by atoms with E-state index in [-0.39, 0.29) is 5.56 Å². The number of hydrogen-bond donors (Lipinski definition) is 1. The van der Waals surface area contributed by atoms with Crippen LogP contribution in [-0.2, 0) is 6.54 Å². The molecule has 2 N–H and O–H groups in total. The summed E-state index contributed by atoms with van der Waals surface area (Å²) in [6, 6.07) is 8.82. The van der Waals surface area contributed by atoms with Gasteiger partial charge in [-0.15, -0.1) is 0 Å². The van der Waals surface area contributed by atoms with Crippen LogP contribution < -0.4 is 25.5 Å². The van der Waals surface area contributed by atoms with E-state index in [0.29, 0.717) is 69.5 Å². The third-order valence-electron chi connectivity index (χ3n) is 6.51. The quantitative estimate of drug-likeness (QED) is 0.545. The number of nitrogens with two attached hydrogens (primary N) is 1. The minimum Gasteiger partial charge on any atom is -0.493 e. The van der Waals surface area contributed by atoms with Crippen LogP contribution in [0.5, 0.6) is 17.2 Å². The SMILES string of the molecule is COc1cc(-c2nc3cc(Cl)ccc3c(=O)n2CC2CCCC(CN)C2)cc(OC)c1OC. The molecule has 176 valence electrons. The molecule has 7 nitrogen and oxygen atoms in total. The lowest BCUT2D eigenvalue weighted by molar-refractivity contribution is 0.246. The molecule has 8 heteroatoms. The van der Waals surface area contributed by atoms with Crippen LogP contribution in [0.25, 0.3) is 22.3 Å². The first-order valence-electron chi connectivity index (χ1n) is 11.2. The summed E-state index contributed by atoms with van der Waals surface area (Å²) in [5.74, 6) is 2.89. The van der Waals surface area contributed by atoms with Crippen molar-refractivity contribution in [2.24, 2.45) is 17.6 Å². The normalized spacial score (nSPS) is 18.3. The average Bonchev–Trinajstić information content (AvgIpc) is 2.84. The third-order valence-corrected chi connectivity index (χ3v) is 6.74. The second-order valence-electron chi connectivity index (χ2n) is 8.56. The molecule has 1 heterocycles. The van der Waals surface area contributed by atoms with Gasteiger partial charge in [0.05, 0.1) is 32.2 Å². The van der Waals surface area contributed by atoms with Crippen molar-refractivity contribution in [3.8, 4) is 28.6 Å². The van der Waals surface area contributed by atoms with E-state index in [4.69, 9.17) is 36.5 Å². The molecule has 0 amide bonds. The maximum absolute atomic E-state index is 13.7. The van der Waals surface area contributed by atoms with Gasteiger partial charge in [0, 0.05) is 17.1 Å². The van der Waals surface area contributed by atoms with Crippen molar-refractivity contribution in [1.29, 1.82) is 0 Å². The van der Waals surface area contributed by atoms with Crippen LogP contribution in [0.15, 0.2) is 35.1 Å². The maximum atomic E-state index is 13.7. The maximum Gasteiger partial charge on any atom is 0.261 e. The summed E-state index contributed by atoms with van der Waals surface area (Å²) in [6.07, 6.45) is 4.35. The van der Waals surface area contributed by atoms with Gasteiger partial charge in [0.15, 0.2) is 11.5 Å². The number of hydrogen-bond acceptors (Lipinski definition) is 6. The van der Waals surface area contributed by atoms with Gasteiger partial charge in [-0.2, -0.15) is 0 Å². The number of nitrogens with zero attached hydrogens (tertiary/aromatic N) is 2. The zero-order valence-electron chi connectivity index (χ0n) is 19.3. The highest BCUT2D eigenvalue weighted by Gasteiger charge is 2.25. The number of fused-ring (bicyclic) bond motifs is 1.